The number of carbonyl (C=O) groups is 1. The van der Waals surface area contributed by atoms with Crippen LogP contribution in [-0.4, -0.2) is 5.91 Å². The number of rotatable bonds is 3. The van der Waals surface area contributed by atoms with E-state index < -0.39 is 0 Å². The van der Waals surface area contributed by atoms with Gasteiger partial charge in [-0.2, -0.15) is 0 Å². The molecule has 1 unspecified atom stereocenters. The molecule has 104 valence electrons. The second-order valence-electron chi connectivity index (χ2n) is 5.07. The van der Waals surface area contributed by atoms with E-state index in [1.54, 1.807) is 12.1 Å². The van der Waals surface area contributed by atoms with Crippen molar-refractivity contribution in [1.29, 1.82) is 0 Å². The first-order chi connectivity index (χ1) is 9.47. The van der Waals surface area contributed by atoms with E-state index in [0.29, 0.717) is 5.56 Å². The van der Waals surface area contributed by atoms with Crippen LogP contribution in [0, 0.1) is 19.7 Å². The van der Waals surface area contributed by atoms with Crippen molar-refractivity contribution >= 4 is 5.91 Å². The fourth-order valence-electron chi connectivity index (χ4n) is 2.18. The van der Waals surface area contributed by atoms with Gasteiger partial charge < -0.3 is 5.32 Å². The van der Waals surface area contributed by atoms with Crippen molar-refractivity contribution in [3.63, 3.8) is 0 Å². The average Bonchev–Trinajstić information content (AvgIpc) is 2.39. The van der Waals surface area contributed by atoms with Crippen LogP contribution in [0.25, 0.3) is 0 Å². The number of carbonyl (C=O) groups excluding carboxylic acids is 1. The van der Waals surface area contributed by atoms with Gasteiger partial charge in [-0.15, -0.1) is 0 Å². The standard InChI is InChI=1S/C17H18FNO/c1-11-4-9-16(12(2)10-11)17(20)19-13(3)14-5-7-15(18)8-6-14/h4-10,13H,1-3H3,(H,19,20). The Labute approximate surface area is 118 Å². The summed E-state index contributed by atoms with van der Waals surface area (Å²) in [5.41, 5.74) is 3.63. The first kappa shape index (κ1) is 14.3. The monoisotopic (exact) mass is 271 g/mol. The van der Waals surface area contributed by atoms with Gasteiger partial charge in [-0.05, 0) is 50.1 Å². The van der Waals surface area contributed by atoms with Crippen molar-refractivity contribution in [2.75, 3.05) is 0 Å². The number of benzene rings is 2. The summed E-state index contributed by atoms with van der Waals surface area (Å²) >= 11 is 0. The molecule has 0 bridgehead atoms. The van der Waals surface area contributed by atoms with Crippen LogP contribution in [-0.2, 0) is 0 Å². The number of aryl methyl sites for hydroxylation is 2. The van der Waals surface area contributed by atoms with E-state index in [0.717, 1.165) is 16.7 Å². The molecule has 20 heavy (non-hydrogen) atoms. The predicted molar refractivity (Wildman–Crippen MR) is 78.2 cm³/mol. The lowest BCUT2D eigenvalue weighted by atomic mass is 10.0. The normalized spacial score (nSPS) is 12.0. The largest absolute Gasteiger partial charge is 0.346 e. The topological polar surface area (TPSA) is 29.1 Å². The lowest BCUT2D eigenvalue weighted by molar-refractivity contribution is 0.0939. The highest BCUT2D eigenvalue weighted by Gasteiger charge is 2.13. The van der Waals surface area contributed by atoms with Crippen LogP contribution in [0.2, 0.25) is 0 Å². The van der Waals surface area contributed by atoms with Crippen LogP contribution in [0.3, 0.4) is 0 Å². The zero-order chi connectivity index (χ0) is 14.7. The van der Waals surface area contributed by atoms with E-state index in [2.05, 4.69) is 5.32 Å². The van der Waals surface area contributed by atoms with E-state index in [1.807, 2.05) is 39.0 Å². The molecule has 2 aromatic rings. The molecule has 0 aliphatic heterocycles. The van der Waals surface area contributed by atoms with Crippen molar-refractivity contribution in [1.82, 2.24) is 5.32 Å². The van der Waals surface area contributed by atoms with Gasteiger partial charge in [-0.1, -0.05) is 29.8 Å². The minimum Gasteiger partial charge on any atom is -0.346 e. The lowest BCUT2D eigenvalue weighted by Gasteiger charge is -2.15. The molecule has 2 nitrogen and oxygen atoms in total. The molecule has 0 aliphatic carbocycles. The molecule has 2 aromatic carbocycles. The molecule has 1 amide bonds. The summed E-state index contributed by atoms with van der Waals surface area (Å²) in [7, 11) is 0. The van der Waals surface area contributed by atoms with Crippen molar-refractivity contribution < 1.29 is 9.18 Å². The molecular weight excluding hydrogens is 253 g/mol. The van der Waals surface area contributed by atoms with Crippen molar-refractivity contribution in [3.05, 3.63) is 70.5 Å². The van der Waals surface area contributed by atoms with Crippen LogP contribution in [0.1, 0.15) is 40.0 Å². The van der Waals surface area contributed by atoms with E-state index in [4.69, 9.17) is 0 Å². The molecule has 3 heteroatoms. The van der Waals surface area contributed by atoms with Gasteiger partial charge >= 0.3 is 0 Å². The fourth-order valence-corrected chi connectivity index (χ4v) is 2.18. The van der Waals surface area contributed by atoms with Crippen molar-refractivity contribution in [2.45, 2.75) is 26.8 Å². The summed E-state index contributed by atoms with van der Waals surface area (Å²) in [6, 6.07) is 11.7. The summed E-state index contributed by atoms with van der Waals surface area (Å²) in [6.07, 6.45) is 0. The van der Waals surface area contributed by atoms with E-state index in [-0.39, 0.29) is 17.8 Å². The molecule has 0 aliphatic rings. The Morgan fingerprint density at radius 3 is 2.35 bits per heavy atom. The highest BCUT2D eigenvalue weighted by molar-refractivity contribution is 5.95. The summed E-state index contributed by atoms with van der Waals surface area (Å²) in [5, 5.41) is 2.93. The third kappa shape index (κ3) is 3.23. The average molecular weight is 271 g/mol. The summed E-state index contributed by atoms with van der Waals surface area (Å²) in [5.74, 6) is -0.388. The quantitative estimate of drug-likeness (QED) is 0.900. The summed E-state index contributed by atoms with van der Waals surface area (Å²) in [6.45, 7) is 5.80. The Bertz CT molecular complexity index is 619. The van der Waals surface area contributed by atoms with Crippen molar-refractivity contribution in [3.8, 4) is 0 Å². The zero-order valence-electron chi connectivity index (χ0n) is 11.9. The van der Waals surface area contributed by atoms with E-state index in [9.17, 15) is 9.18 Å². The Kier molecular flexibility index (Phi) is 4.18. The van der Waals surface area contributed by atoms with Gasteiger partial charge in [0.2, 0.25) is 0 Å². The molecular formula is C17H18FNO. The van der Waals surface area contributed by atoms with Gasteiger partial charge in [-0.3, -0.25) is 4.79 Å². The number of halogens is 1. The minimum absolute atomic E-state index is 0.112. The third-order valence-electron chi connectivity index (χ3n) is 3.34. The molecule has 0 spiro atoms. The molecule has 0 saturated heterocycles. The van der Waals surface area contributed by atoms with Crippen LogP contribution < -0.4 is 5.32 Å². The number of hydrogen-bond acceptors (Lipinski definition) is 1. The van der Waals surface area contributed by atoms with Gasteiger partial charge in [0.1, 0.15) is 5.82 Å². The van der Waals surface area contributed by atoms with Crippen LogP contribution >= 0.6 is 0 Å². The minimum atomic E-state index is -0.276. The Balaban J connectivity index is 2.13. The van der Waals surface area contributed by atoms with Crippen LogP contribution in [0.15, 0.2) is 42.5 Å². The molecule has 0 heterocycles. The maximum atomic E-state index is 12.9. The molecule has 0 fully saturated rings. The SMILES string of the molecule is Cc1ccc(C(=O)NC(C)c2ccc(F)cc2)c(C)c1. The van der Waals surface area contributed by atoms with Gasteiger partial charge in [0.25, 0.3) is 5.91 Å². The highest BCUT2D eigenvalue weighted by Crippen LogP contribution is 2.15. The molecule has 1 N–H and O–H groups in total. The maximum Gasteiger partial charge on any atom is 0.252 e. The van der Waals surface area contributed by atoms with E-state index in [1.165, 1.54) is 12.1 Å². The van der Waals surface area contributed by atoms with Gasteiger partial charge in [0.15, 0.2) is 0 Å². The molecule has 1 atom stereocenters. The Morgan fingerprint density at radius 2 is 1.75 bits per heavy atom. The Hall–Kier alpha value is -2.16. The fraction of sp³-hybridized carbons (Fsp3) is 0.235. The second kappa shape index (κ2) is 5.87. The molecule has 0 radical (unpaired) electrons. The lowest BCUT2D eigenvalue weighted by Crippen LogP contribution is -2.27. The molecule has 2 rings (SSSR count). The first-order valence-corrected chi connectivity index (χ1v) is 6.61. The summed E-state index contributed by atoms with van der Waals surface area (Å²) < 4.78 is 12.9. The van der Waals surface area contributed by atoms with Gasteiger partial charge in [-0.25, -0.2) is 4.39 Å². The number of amides is 1. The van der Waals surface area contributed by atoms with Crippen LogP contribution in [0.4, 0.5) is 4.39 Å². The maximum absolute atomic E-state index is 12.9. The first-order valence-electron chi connectivity index (χ1n) is 6.61. The number of hydrogen-bond donors (Lipinski definition) is 1. The highest BCUT2D eigenvalue weighted by atomic mass is 19.1. The predicted octanol–water partition coefficient (Wildman–Crippen LogP) is 3.93. The smallest absolute Gasteiger partial charge is 0.252 e. The van der Waals surface area contributed by atoms with Gasteiger partial charge in [0, 0.05) is 5.56 Å². The summed E-state index contributed by atoms with van der Waals surface area (Å²) in [4.78, 5) is 12.2. The second-order valence-corrected chi connectivity index (χ2v) is 5.07. The molecule has 0 saturated carbocycles. The van der Waals surface area contributed by atoms with Gasteiger partial charge in [0.05, 0.1) is 6.04 Å². The number of nitrogens with one attached hydrogen (secondary N) is 1. The molecule has 0 aromatic heterocycles. The third-order valence-corrected chi connectivity index (χ3v) is 3.34. The van der Waals surface area contributed by atoms with Crippen LogP contribution in [0.5, 0.6) is 0 Å². The Morgan fingerprint density at radius 1 is 1.10 bits per heavy atom. The zero-order valence-corrected chi connectivity index (χ0v) is 11.9. The van der Waals surface area contributed by atoms with E-state index >= 15 is 0 Å². The van der Waals surface area contributed by atoms with Crippen molar-refractivity contribution in [2.24, 2.45) is 0 Å².